The molecule has 0 unspecified atom stereocenters. The van der Waals surface area contributed by atoms with E-state index in [4.69, 9.17) is 16.0 Å². The normalized spacial score (nSPS) is 12.1. The van der Waals surface area contributed by atoms with Gasteiger partial charge in [0.1, 0.15) is 11.2 Å². The number of nitrogens with zero attached hydrogens (tertiary/aromatic N) is 1. The Labute approximate surface area is 238 Å². The fraction of sp³-hybridized carbons (Fsp3) is 0. The van der Waals surface area contributed by atoms with Gasteiger partial charge in [0.15, 0.2) is 0 Å². The number of halogens is 1. The molecule has 0 amide bonds. The van der Waals surface area contributed by atoms with Gasteiger partial charge < -0.3 is 8.98 Å². The second-order valence-corrected chi connectivity index (χ2v) is 11.7. The fourth-order valence-electron chi connectivity index (χ4n) is 6.28. The number of hydrogen-bond donors (Lipinski definition) is 0. The average molecular weight is 550 g/mol. The molecule has 0 aliphatic heterocycles. The van der Waals surface area contributed by atoms with Crippen molar-refractivity contribution in [3.05, 3.63) is 126 Å². The molecule has 2 nitrogen and oxygen atoms in total. The van der Waals surface area contributed by atoms with Crippen LogP contribution in [0.2, 0.25) is 5.02 Å². The van der Waals surface area contributed by atoms with Gasteiger partial charge in [0, 0.05) is 42.7 Å². The second-order valence-electron chi connectivity index (χ2n) is 10.3. The number of furan rings is 1. The number of rotatable bonds is 2. The summed E-state index contributed by atoms with van der Waals surface area (Å²) in [6.45, 7) is 0. The quantitative estimate of drug-likeness (QED) is 0.210. The summed E-state index contributed by atoms with van der Waals surface area (Å²) in [7, 11) is 0. The van der Waals surface area contributed by atoms with Gasteiger partial charge in [0.25, 0.3) is 0 Å². The van der Waals surface area contributed by atoms with Crippen molar-refractivity contribution in [3.8, 4) is 16.8 Å². The van der Waals surface area contributed by atoms with Gasteiger partial charge in [-0.25, -0.2) is 0 Å². The summed E-state index contributed by atoms with van der Waals surface area (Å²) in [6.07, 6.45) is 0. The van der Waals surface area contributed by atoms with Crippen LogP contribution in [-0.2, 0) is 0 Å². The molecule has 9 aromatic rings. The zero-order valence-electron chi connectivity index (χ0n) is 21.2. The summed E-state index contributed by atoms with van der Waals surface area (Å²) in [5.41, 5.74) is 7.63. The van der Waals surface area contributed by atoms with E-state index in [0.29, 0.717) is 0 Å². The minimum atomic E-state index is 0.768. The minimum absolute atomic E-state index is 0.768. The van der Waals surface area contributed by atoms with E-state index >= 15 is 0 Å². The molecule has 0 spiro atoms. The maximum atomic E-state index is 6.99. The van der Waals surface area contributed by atoms with E-state index in [2.05, 4.69) is 114 Å². The van der Waals surface area contributed by atoms with Crippen LogP contribution in [0.1, 0.15) is 0 Å². The zero-order chi connectivity index (χ0) is 26.4. The molecular formula is C36H20ClNOS. The molecule has 0 fully saturated rings. The molecule has 0 bridgehead atoms. The number of benzene rings is 6. The molecule has 9 rings (SSSR count). The molecule has 6 aromatic carbocycles. The molecule has 0 saturated heterocycles. The minimum Gasteiger partial charge on any atom is -0.455 e. The van der Waals surface area contributed by atoms with E-state index in [-0.39, 0.29) is 0 Å². The summed E-state index contributed by atoms with van der Waals surface area (Å²) in [5, 5.41) is 7.78. The number of hydrogen-bond acceptors (Lipinski definition) is 2. The molecule has 0 aliphatic carbocycles. The van der Waals surface area contributed by atoms with Gasteiger partial charge in [-0.2, -0.15) is 0 Å². The highest BCUT2D eigenvalue weighted by Crippen LogP contribution is 2.46. The van der Waals surface area contributed by atoms with Crippen molar-refractivity contribution >= 4 is 86.9 Å². The van der Waals surface area contributed by atoms with Gasteiger partial charge in [-0.1, -0.05) is 72.3 Å². The van der Waals surface area contributed by atoms with Crippen molar-refractivity contribution in [1.82, 2.24) is 4.57 Å². The summed E-state index contributed by atoms with van der Waals surface area (Å²) in [5.74, 6) is 0. The molecule has 188 valence electrons. The SMILES string of the molecule is Clc1cc(-c2ccc3c(c2)c2ccccc2n3-c2ccccc2)cc2c1sc1ccc3c4ccccc4oc3c12. The first-order valence-corrected chi connectivity index (χ1v) is 14.5. The van der Waals surface area contributed by atoms with E-state index in [1.54, 1.807) is 11.3 Å². The average Bonchev–Trinajstić information content (AvgIpc) is 3.67. The Morgan fingerprint density at radius 3 is 2.23 bits per heavy atom. The van der Waals surface area contributed by atoms with Gasteiger partial charge >= 0.3 is 0 Å². The summed E-state index contributed by atoms with van der Waals surface area (Å²) >= 11 is 8.71. The van der Waals surface area contributed by atoms with Gasteiger partial charge in [0.2, 0.25) is 0 Å². The number of aromatic nitrogens is 1. The van der Waals surface area contributed by atoms with Crippen molar-refractivity contribution < 1.29 is 4.42 Å². The van der Waals surface area contributed by atoms with Crippen molar-refractivity contribution in [2.24, 2.45) is 0 Å². The Balaban J connectivity index is 1.32. The molecule has 3 heterocycles. The van der Waals surface area contributed by atoms with Crippen LogP contribution < -0.4 is 0 Å². The molecule has 40 heavy (non-hydrogen) atoms. The third kappa shape index (κ3) is 3.05. The van der Waals surface area contributed by atoms with E-state index in [0.717, 1.165) is 59.2 Å². The van der Waals surface area contributed by atoms with Crippen LogP contribution in [0.5, 0.6) is 0 Å². The maximum absolute atomic E-state index is 6.99. The van der Waals surface area contributed by atoms with E-state index in [1.165, 1.54) is 26.5 Å². The van der Waals surface area contributed by atoms with Gasteiger partial charge in [-0.3, -0.25) is 0 Å². The Morgan fingerprint density at radius 1 is 0.575 bits per heavy atom. The summed E-state index contributed by atoms with van der Waals surface area (Å²) in [6, 6.07) is 42.9. The largest absolute Gasteiger partial charge is 0.455 e. The standard InChI is InChI=1S/C36H20ClNOS/c37-29-20-22(19-28-34-33(40-36(28)29)17-15-26-25-11-5-7-13-32(25)39-35(26)34)21-14-16-31-27(18-21)24-10-4-6-12-30(24)38(31)23-8-2-1-3-9-23/h1-20H. The van der Waals surface area contributed by atoms with Crippen molar-refractivity contribution in [2.75, 3.05) is 0 Å². The van der Waals surface area contributed by atoms with Crippen LogP contribution in [0.4, 0.5) is 0 Å². The second kappa shape index (κ2) is 8.22. The van der Waals surface area contributed by atoms with Crippen LogP contribution in [0.25, 0.3) is 80.7 Å². The Morgan fingerprint density at radius 2 is 1.32 bits per heavy atom. The van der Waals surface area contributed by atoms with Crippen LogP contribution in [-0.4, -0.2) is 4.57 Å². The lowest BCUT2D eigenvalue weighted by atomic mass is 10.00. The number of fused-ring (bicyclic) bond motifs is 10. The maximum Gasteiger partial charge on any atom is 0.144 e. The smallest absolute Gasteiger partial charge is 0.144 e. The molecule has 4 heteroatoms. The number of thiophene rings is 1. The molecule has 0 aliphatic rings. The fourth-order valence-corrected chi connectivity index (χ4v) is 7.70. The Hall–Kier alpha value is -4.57. The van der Waals surface area contributed by atoms with E-state index < -0.39 is 0 Å². The molecule has 0 radical (unpaired) electrons. The monoisotopic (exact) mass is 549 g/mol. The highest BCUT2D eigenvalue weighted by Gasteiger charge is 2.18. The Kier molecular flexibility index (Phi) is 4.57. The third-order valence-corrected chi connectivity index (χ3v) is 9.67. The first kappa shape index (κ1) is 22.3. The van der Waals surface area contributed by atoms with Crippen LogP contribution >= 0.6 is 22.9 Å². The van der Waals surface area contributed by atoms with E-state index in [9.17, 15) is 0 Å². The molecule has 0 N–H and O–H groups in total. The lowest BCUT2D eigenvalue weighted by Gasteiger charge is -2.08. The van der Waals surface area contributed by atoms with Crippen molar-refractivity contribution in [1.29, 1.82) is 0 Å². The van der Waals surface area contributed by atoms with Crippen LogP contribution in [0.3, 0.4) is 0 Å². The summed E-state index contributed by atoms with van der Waals surface area (Å²) < 4.78 is 11.0. The van der Waals surface area contributed by atoms with Gasteiger partial charge in [-0.15, -0.1) is 11.3 Å². The first-order valence-electron chi connectivity index (χ1n) is 13.3. The predicted octanol–water partition coefficient (Wildman–Crippen LogP) is 11.4. The molecule has 3 aromatic heterocycles. The predicted molar refractivity (Wildman–Crippen MR) is 171 cm³/mol. The topological polar surface area (TPSA) is 18.1 Å². The van der Waals surface area contributed by atoms with Gasteiger partial charge in [-0.05, 0) is 71.8 Å². The zero-order valence-corrected chi connectivity index (χ0v) is 22.8. The molecular weight excluding hydrogens is 530 g/mol. The molecule has 0 saturated carbocycles. The number of para-hydroxylation sites is 3. The highest BCUT2D eigenvalue weighted by molar-refractivity contribution is 7.26. The third-order valence-electron chi connectivity index (χ3n) is 8.05. The lowest BCUT2D eigenvalue weighted by Crippen LogP contribution is -1.92. The van der Waals surface area contributed by atoms with Crippen molar-refractivity contribution in [3.63, 3.8) is 0 Å². The summed E-state index contributed by atoms with van der Waals surface area (Å²) in [4.78, 5) is 0. The van der Waals surface area contributed by atoms with Crippen LogP contribution in [0.15, 0.2) is 126 Å². The lowest BCUT2D eigenvalue weighted by molar-refractivity contribution is 0.673. The highest BCUT2D eigenvalue weighted by atomic mass is 35.5. The van der Waals surface area contributed by atoms with Gasteiger partial charge in [0.05, 0.1) is 20.8 Å². The molecule has 0 atom stereocenters. The van der Waals surface area contributed by atoms with Crippen molar-refractivity contribution in [2.45, 2.75) is 0 Å². The Bertz CT molecular complexity index is 2450. The van der Waals surface area contributed by atoms with E-state index in [1.807, 2.05) is 12.1 Å². The van der Waals surface area contributed by atoms with Crippen LogP contribution in [0, 0.1) is 0 Å². The first-order chi connectivity index (χ1) is 19.7.